The standard InChI is InChI=1S/C9H11.C5H5.Fe/c1-8(2)9-6-4-3-5-7-9;1-2-4-5-3-1;/h3-7H,1-2H3;1-3H,4H2;. The quantitative estimate of drug-likeness (QED) is 0.704. The van der Waals surface area contributed by atoms with Crippen LogP contribution in [0.2, 0.25) is 0 Å². The summed E-state index contributed by atoms with van der Waals surface area (Å²) in [6, 6.07) is 10.8. The van der Waals surface area contributed by atoms with Crippen LogP contribution in [0.5, 0.6) is 0 Å². The van der Waals surface area contributed by atoms with Gasteiger partial charge in [-0.05, 0) is 0 Å². The van der Waals surface area contributed by atoms with Gasteiger partial charge < -0.3 is 0 Å². The molecule has 1 heteroatoms. The molecule has 0 aliphatic heterocycles. The van der Waals surface area contributed by atoms with Crippen LogP contribution in [0.15, 0.2) is 53.0 Å². The summed E-state index contributed by atoms with van der Waals surface area (Å²) in [6.45, 7) is 4.64. The van der Waals surface area contributed by atoms with E-state index in [-0.39, 0.29) is 4.31 Å². The molecule has 15 heavy (non-hydrogen) atoms. The molecule has 1 aliphatic carbocycles. The van der Waals surface area contributed by atoms with Gasteiger partial charge in [0.2, 0.25) is 0 Å². The van der Waals surface area contributed by atoms with Crippen molar-refractivity contribution in [3.05, 3.63) is 58.6 Å². The van der Waals surface area contributed by atoms with E-state index < -0.39 is 0 Å². The third kappa shape index (κ3) is 2.62. The van der Waals surface area contributed by atoms with Crippen LogP contribution in [0.3, 0.4) is 0 Å². The molecule has 1 aromatic rings. The Hall–Kier alpha value is -0.781. The van der Waals surface area contributed by atoms with Crippen molar-refractivity contribution < 1.29 is 15.0 Å². The summed E-state index contributed by atoms with van der Waals surface area (Å²) in [5, 5.41) is 0. The third-order valence-electron chi connectivity index (χ3n) is 2.50. The zero-order valence-electron chi connectivity index (χ0n) is 9.18. The number of benzene rings is 1. The van der Waals surface area contributed by atoms with Crippen LogP contribution >= 0.6 is 0 Å². The first kappa shape index (κ1) is 10.7. The fraction of sp³-hybridized carbons (Fsp3) is 0.286. The van der Waals surface area contributed by atoms with Crippen molar-refractivity contribution in [3.63, 3.8) is 0 Å². The molecule has 0 nitrogen and oxygen atoms in total. The molecule has 0 unspecified atom stereocenters. The molecule has 1 aromatic carbocycles. The van der Waals surface area contributed by atoms with E-state index in [1.165, 1.54) is 5.56 Å². The van der Waals surface area contributed by atoms with E-state index in [0.29, 0.717) is 0 Å². The van der Waals surface area contributed by atoms with Crippen LogP contribution in [0.25, 0.3) is 0 Å². The van der Waals surface area contributed by atoms with Gasteiger partial charge in [0.25, 0.3) is 0 Å². The van der Waals surface area contributed by atoms with Gasteiger partial charge in [-0.2, -0.15) is 0 Å². The Morgan fingerprint density at radius 1 is 1.13 bits per heavy atom. The van der Waals surface area contributed by atoms with Crippen LogP contribution in [0.1, 0.15) is 25.8 Å². The first-order valence-corrected chi connectivity index (χ1v) is 6.34. The van der Waals surface area contributed by atoms with Gasteiger partial charge in [-0.15, -0.1) is 0 Å². The number of rotatable bonds is 3. The van der Waals surface area contributed by atoms with E-state index in [2.05, 4.69) is 62.4 Å². The maximum atomic E-state index is 2.32. The molecule has 0 aromatic heterocycles. The molecule has 0 radical (unpaired) electrons. The number of hydrogen-bond acceptors (Lipinski definition) is 0. The molecular weight excluding hydrogens is 224 g/mol. The fourth-order valence-corrected chi connectivity index (χ4v) is 3.32. The second-order valence-electron chi connectivity index (χ2n) is 4.13. The monoisotopic (exact) mass is 240 g/mol. The molecule has 0 bridgehead atoms. The fourth-order valence-electron chi connectivity index (χ4n) is 1.65. The summed E-state index contributed by atoms with van der Waals surface area (Å²) in [4.78, 5) is 0. The molecule has 80 valence electrons. The Morgan fingerprint density at radius 3 is 2.47 bits per heavy atom. The van der Waals surface area contributed by atoms with E-state index in [9.17, 15) is 0 Å². The van der Waals surface area contributed by atoms with Gasteiger partial charge in [-0.25, -0.2) is 0 Å². The van der Waals surface area contributed by atoms with Crippen molar-refractivity contribution >= 4 is 0 Å². The summed E-state index contributed by atoms with van der Waals surface area (Å²) in [7, 11) is 0. The van der Waals surface area contributed by atoms with Crippen molar-refractivity contribution in [3.8, 4) is 0 Å². The average Bonchev–Trinajstić information content (AvgIpc) is 2.71. The first-order valence-electron chi connectivity index (χ1n) is 5.23. The Bertz CT molecular complexity index is 385. The van der Waals surface area contributed by atoms with E-state index >= 15 is 0 Å². The predicted molar refractivity (Wildman–Crippen MR) is 61.3 cm³/mol. The van der Waals surface area contributed by atoms with Gasteiger partial charge in [-0.3, -0.25) is 0 Å². The van der Waals surface area contributed by atoms with Crippen LogP contribution in [0, 0.1) is 0 Å². The molecule has 0 atom stereocenters. The van der Waals surface area contributed by atoms with Gasteiger partial charge in [0.1, 0.15) is 0 Å². The second kappa shape index (κ2) is 4.38. The van der Waals surface area contributed by atoms with Crippen molar-refractivity contribution in [1.82, 2.24) is 0 Å². The van der Waals surface area contributed by atoms with Crippen molar-refractivity contribution in [2.75, 3.05) is 0 Å². The summed E-state index contributed by atoms with van der Waals surface area (Å²) in [5.41, 5.74) is 1.43. The molecule has 0 spiro atoms. The predicted octanol–water partition coefficient (Wildman–Crippen LogP) is 3.85. The molecule has 0 fully saturated rings. The van der Waals surface area contributed by atoms with Gasteiger partial charge in [0, 0.05) is 0 Å². The molecule has 0 N–H and O–H groups in total. The minimum absolute atomic E-state index is 0.249. The van der Waals surface area contributed by atoms with Crippen LogP contribution in [0.4, 0.5) is 0 Å². The van der Waals surface area contributed by atoms with E-state index in [0.717, 1.165) is 21.4 Å². The zero-order valence-corrected chi connectivity index (χ0v) is 10.3. The van der Waals surface area contributed by atoms with Gasteiger partial charge in [0.05, 0.1) is 0 Å². The summed E-state index contributed by atoms with van der Waals surface area (Å²) >= 11 is 1.16. The second-order valence-corrected chi connectivity index (χ2v) is 6.49. The summed E-state index contributed by atoms with van der Waals surface area (Å²) < 4.78 is 1.79. The molecule has 0 amide bonds. The first-order chi connectivity index (χ1) is 7.18. The van der Waals surface area contributed by atoms with Crippen molar-refractivity contribution in [2.24, 2.45) is 0 Å². The zero-order chi connectivity index (χ0) is 10.7. The molecule has 0 saturated carbocycles. The Balaban J connectivity index is 2.13. The number of allylic oxidation sites excluding steroid dienone is 4. The van der Waals surface area contributed by atoms with Gasteiger partial charge in [-0.1, -0.05) is 0 Å². The Labute approximate surface area is 98.2 Å². The maximum absolute atomic E-state index is 2.32. The molecule has 0 saturated heterocycles. The van der Waals surface area contributed by atoms with E-state index in [4.69, 9.17) is 0 Å². The Kier molecular flexibility index (Phi) is 3.14. The van der Waals surface area contributed by atoms with Gasteiger partial charge in [0.15, 0.2) is 0 Å². The summed E-state index contributed by atoms with van der Waals surface area (Å²) in [5.74, 6) is 0. The Morgan fingerprint density at radius 2 is 1.87 bits per heavy atom. The third-order valence-corrected chi connectivity index (χ3v) is 4.28. The van der Waals surface area contributed by atoms with Crippen molar-refractivity contribution in [1.29, 1.82) is 0 Å². The molecular formula is C14H16Fe. The molecule has 0 heterocycles. The number of hydrogen-bond donors (Lipinski definition) is 0. The van der Waals surface area contributed by atoms with Gasteiger partial charge >= 0.3 is 98.1 Å². The average molecular weight is 240 g/mol. The molecule has 2 rings (SSSR count). The molecule has 1 aliphatic rings. The van der Waals surface area contributed by atoms with Crippen LogP contribution in [-0.4, -0.2) is 0 Å². The van der Waals surface area contributed by atoms with Crippen LogP contribution < -0.4 is 0 Å². The minimum atomic E-state index is 0.249. The SMILES string of the molecule is C[C](C)([Fe][C]1=CC=CC1)c1ccccc1. The normalized spacial score (nSPS) is 15.7. The van der Waals surface area contributed by atoms with E-state index in [1.807, 2.05) is 0 Å². The van der Waals surface area contributed by atoms with Crippen LogP contribution in [-0.2, 0) is 19.3 Å². The topological polar surface area (TPSA) is 0 Å². The van der Waals surface area contributed by atoms with Crippen molar-refractivity contribution in [2.45, 2.75) is 24.6 Å². The van der Waals surface area contributed by atoms with E-state index in [1.54, 1.807) is 4.47 Å². The summed E-state index contributed by atoms with van der Waals surface area (Å²) in [6.07, 6.45) is 7.79.